The fourth-order valence-corrected chi connectivity index (χ4v) is 3.68. The van der Waals surface area contributed by atoms with Crippen molar-refractivity contribution in [1.29, 1.82) is 0 Å². The van der Waals surface area contributed by atoms with E-state index in [-0.39, 0.29) is 12.5 Å². The summed E-state index contributed by atoms with van der Waals surface area (Å²) in [6.07, 6.45) is 0. The molecule has 0 aliphatic rings. The van der Waals surface area contributed by atoms with E-state index in [0.717, 1.165) is 15.6 Å². The summed E-state index contributed by atoms with van der Waals surface area (Å²) in [4.78, 5) is 36.5. The van der Waals surface area contributed by atoms with Gasteiger partial charge in [-0.3, -0.25) is 25.2 Å². The molecule has 3 N–H and O–H groups in total. The van der Waals surface area contributed by atoms with Crippen LogP contribution in [0, 0.1) is 13.8 Å². The lowest BCUT2D eigenvalue weighted by Crippen LogP contribution is -2.43. The number of carbonyl (C=O) groups is 3. The van der Waals surface area contributed by atoms with Crippen molar-refractivity contribution in [2.24, 2.45) is 0 Å². The molecule has 3 aromatic rings. The maximum absolute atomic E-state index is 12.3. The number of anilines is 1. The topological polar surface area (TPSA) is 96.5 Å². The van der Waals surface area contributed by atoms with Crippen LogP contribution in [0.25, 0.3) is 0 Å². The quantitative estimate of drug-likeness (QED) is 0.447. The van der Waals surface area contributed by atoms with E-state index in [1.807, 2.05) is 32.0 Å². The third kappa shape index (κ3) is 6.18. The highest BCUT2D eigenvalue weighted by Crippen LogP contribution is 2.27. The molecule has 164 valence electrons. The molecule has 8 heteroatoms. The Labute approximate surface area is 194 Å². The summed E-state index contributed by atoms with van der Waals surface area (Å²) in [5.74, 6) is -0.601. The van der Waals surface area contributed by atoms with E-state index in [0.29, 0.717) is 22.6 Å². The summed E-state index contributed by atoms with van der Waals surface area (Å²) in [7, 11) is 0. The molecule has 0 saturated heterocycles. The Bertz CT molecular complexity index is 1110. The van der Waals surface area contributed by atoms with Crippen molar-refractivity contribution >= 4 is 39.3 Å². The number of hydrazine groups is 1. The van der Waals surface area contributed by atoms with Gasteiger partial charge in [0.05, 0.1) is 0 Å². The fraction of sp³-hybridized carbons (Fsp3) is 0.125. The molecule has 0 heterocycles. The molecule has 0 spiro atoms. The van der Waals surface area contributed by atoms with E-state index in [2.05, 4.69) is 32.1 Å². The first-order chi connectivity index (χ1) is 15.3. The summed E-state index contributed by atoms with van der Waals surface area (Å²) in [5.41, 5.74) is 7.87. The number of aryl methyl sites for hydroxylation is 2. The maximum atomic E-state index is 12.3. The predicted molar refractivity (Wildman–Crippen MR) is 126 cm³/mol. The van der Waals surface area contributed by atoms with Gasteiger partial charge in [-0.1, -0.05) is 34.1 Å². The fourth-order valence-electron chi connectivity index (χ4n) is 3.00. The molecule has 3 aromatic carbocycles. The van der Waals surface area contributed by atoms with Crippen molar-refractivity contribution in [3.05, 3.63) is 93.5 Å². The Morgan fingerprint density at radius 2 is 1.41 bits per heavy atom. The number of nitrogens with one attached hydrogen (secondary N) is 3. The second-order valence-electron chi connectivity index (χ2n) is 7.06. The minimum absolute atomic E-state index is 0.242. The maximum Gasteiger partial charge on any atom is 0.276 e. The van der Waals surface area contributed by atoms with Gasteiger partial charge in [-0.05, 0) is 73.5 Å². The molecule has 0 aliphatic carbocycles. The van der Waals surface area contributed by atoms with Crippen molar-refractivity contribution in [2.45, 2.75) is 13.8 Å². The zero-order chi connectivity index (χ0) is 23.1. The monoisotopic (exact) mass is 495 g/mol. The third-order valence-electron chi connectivity index (χ3n) is 4.53. The van der Waals surface area contributed by atoms with E-state index in [9.17, 15) is 14.4 Å². The van der Waals surface area contributed by atoms with Gasteiger partial charge in [-0.15, -0.1) is 0 Å². The average Bonchev–Trinajstić information content (AvgIpc) is 2.77. The van der Waals surface area contributed by atoms with E-state index >= 15 is 0 Å². The van der Waals surface area contributed by atoms with Crippen LogP contribution < -0.4 is 20.9 Å². The minimum Gasteiger partial charge on any atom is -0.483 e. The molecule has 0 saturated carbocycles. The van der Waals surface area contributed by atoms with Crippen molar-refractivity contribution in [3.8, 4) is 5.75 Å². The van der Waals surface area contributed by atoms with Crippen LogP contribution in [-0.4, -0.2) is 24.3 Å². The summed E-state index contributed by atoms with van der Waals surface area (Å²) in [5, 5.41) is 2.76. The van der Waals surface area contributed by atoms with Gasteiger partial charge in [-0.2, -0.15) is 0 Å². The van der Waals surface area contributed by atoms with Crippen molar-refractivity contribution in [1.82, 2.24) is 10.9 Å². The molecule has 0 fully saturated rings. The zero-order valence-corrected chi connectivity index (χ0v) is 19.2. The van der Waals surface area contributed by atoms with E-state index in [1.165, 1.54) is 0 Å². The Hall–Kier alpha value is -3.65. The largest absolute Gasteiger partial charge is 0.483 e. The molecule has 0 aliphatic heterocycles. The highest BCUT2D eigenvalue weighted by molar-refractivity contribution is 9.10. The van der Waals surface area contributed by atoms with Gasteiger partial charge in [0.2, 0.25) is 0 Å². The molecule has 0 unspecified atom stereocenters. The molecule has 0 radical (unpaired) electrons. The molecule has 0 aromatic heterocycles. The number of benzene rings is 3. The first-order valence-electron chi connectivity index (χ1n) is 9.78. The summed E-state index contributed by atoms with van der Waals surface area (Å²) in [6, 6.07) is 18.9. The van der Waals surface area contributed by atoms with Crippen LogP contribution in [0.5, 0.6) is 5.75 Å². The molecule has 7 nitrogen and oxygen atoms in total. The number of halogens is 1. The van der Waals surface area contributed by atoms with Crippen LogP contribution in [-0.2, 0) is 4.79 Å². The van der Waals surface area contributed by atoms with Gasteiger partial charge in [0.1, 0.15) is 5.75 Å². The molecular weight excluding hydrogens is 474 g/mol. The lowest BCUT2D eigenvalue weighted by molar-refractivity contribution is -0.123. The van der Waals surface area contributed by atoms with Gasteiger partial charge < -0.3 is 10.1 Å². The highest BCUT2D eigenvalue weighted by Gasteiger charge is 2.11. The molecule has 0 atom stereocenters. The Morgan fingerprint density at radius 1 is 0.812 bits per heavy atom. The van der Waals surface area contributed by atoms with E-state index in [4.69, 9.17) is 4.74 Å². The lowest BCUT2D eigenvalue weighted by atomic mass is 10.1. The number of hydrogen-bond donors (Lipinski definition) is 3. The Kier molecular flexibility index (Phi) is 7.62. The number of ether oxygens (including phenoxy) is 1. The summed E-state index contributed by atoms with van der Waals surface area (Å²) < 4.78 is 6.52. The normalized spacial score (nSPS) is 10.2. The molecule has 3 amide bonds. The van der Waals surface area contributed by atoms with Crippen LogP contribution in [0.4, 0.5) is 5.69 Å². The minimum atomic E-state index is -0.494. The molecule has 0 bridgehead atoms. The van der Waals surface area contributed by atoms with Crippen LogP contribution in [0.2, 0.25) is 0 Å². The van der Waals surface area contributed by atoms with Gasteiger partial charge >= 0.3 is 0 Å². The molecular formula is C24H22BrN3O4. The van der Waals surface area contributed by atoms with Crippen LogP contribution >= 0.6 is 15.9 Å². The van der Waals surface area contributed by atoms with Gasteiger partial charge in [0, 0.05) is 21.3 Å². The Morgan fingerprint density at radius 3 is 2.03 bits per heavy atom. The van der Waals surface area contributed by atoms with Crippen molar-refractivity contribution in [3.63, 3.8) is 0 Å². The van der Waals surface area contributed by atoms with Gasteiger partial charge in [0.15, 0.2) is 6.61 Å². The van der Waals surface area contributed by atoms with Crippen LogP contribution in [0.3, 0.4) is 0 Å². The average molecular weight is 496 g/mol. The number of hydrogen-bond acceptors (Lipinski definition) is 4. The standard InChI is InChI=1S/C24H22BrN3O4/c1-15-12-19(25)13-16(2)22(15)32-14-21(29)27-28-24(31)18-8-10-20(11-9-18)26-23(30)17-6-4-3-5-7-17/h3-13H,14H2,1-2H3,(H,26,30)(H,27,29)(H,28,31). The van der Waals surface area contributed by atoms with Crippen LogP contribution in [0.15, 0.2) is 71.2 Å². The first-order valence-corrected chi connectivity index (χ1v) is 10.6. The number of amides is 3. The summed E-state index contributed by atoms with van der Waals surface area (Å²) in [6.45, 7) is 3.53. The Balaban J connectivity index is 1.48. The second-order valence-corrected chi connectivity index (χ2v) is 7.97. The highest BCUT2D eigenvalue weighted by atomic mass is 79.9. The number of carbonyl (C=O) groups excluding carboxylic acids is 3. The van der Waals surface area contributed by atoms with Gasteiger partial charge in [-0.25, -0.2) is 0 Å². The smallest absolute Gasteiger partial charge is 0.276 e. The van der Waals surface area contributed by atoms with E-state index < -0.39 is 11.8 Å². The number of rotatable bonds is 6. The van der Waals surface area contributed by atoms with Crippen LogP contribution in [0.1, 0.15) is 31.8 Å². The van der Waals surface area contributed by atoms with Crippen molar-refractivity contribution in [2.75, 3.05) is 11.9 Å². The second kappa shape index (κ2) is 10.6. The summed E-state index contributed by atoms with van der Waals surface area (Å²) >= 11 is 3.41. The third-order valence-corrected chi connectivity index (χ3v) is 4.99. The zero-order valence-electron chi connectivity index (χ0n) is 17.6. The first kappa shape index (κ1) is 23.0. The predicted octanol–water partition coefficient (Wildman–Crippen LogP) is 4.16. The molecule has 32 heavy (non-hydrogen) atoms. The van der Waals surface area contributed by atoms with E-state index in [1.54, 1.807) is 48.5 Å². The van der Waals surface area contributed by atoms with Crippen molar-refractivity contribution < 1.29 is 19.1 Å². The lowest BCUT2D eigenvalue weighted by Gasteiger charge is -2.13. The van der Waals surface area contributed by atoms with Gasteiger partial charge in [0.25, 0.3) is 17.7 Å². The molecule has 3 rings (SSSR count). The SMILES string of the molecule is Cc1cc(Br)cc(C)c1OCC(=O)NNC(=O)c1ccc(NC(=O)c2ccccc2)cc1.